The van der Waals surface area contributed by atoms with Gasteiger partial charge in [0, 0.05) is 16.4 Å². The highest BCUT2D eigenvalue weighted by Crippen LogP contribution is 2.37. The quantitative estimate of drug-likeness (QED) is 0.575. The van der Waals surface area contributed by atoms with Gasteiger partial charge in [0.25, 0.3) is 0 Å². The highest BCUT2D eigenvalue weighted by Gasteiger charge is 2.29. The highest BCUT2D eigenvalue weighted by molar-refractivity contribution is 6.15. The van der Waals surface area contributed by atoms with Gasteiger partial charge in [-0.3, -0.25) is 4.99 Å². The molecular weight excluding hydrogens is 326 g/mol. The summed E-state index contributed by atoms with van der Waals surface area (Å²) >= 11 is 0. The summed E-state index contributed by atoms with van der Waals surface area (Å²) in [7, 11) is 1.67. The Bertz CT molecular complexity index is 975. The lowest BCUT2D eigenvalue weighted by molar-refractivity contribution is 0.134. The molecule has 1 aromatic heterocycles. The molecular formula is C22H23NO3. The van der Waals surface area contributed by atoms with Crippen molar-refractivity contribution in [1.29, 1.82) is 0 Å². The van der Waals surface area contributed by atoms with Crippen LogP contribution >= 0.6 is 0 Å². The summed E-state index contributed by atoms with van der Waals surface area (Å²) in [4.78, 5) is 5.05. The summed E-state index contributed by atoms with van der Waals surface area (Å²) in [6.07, 6.45) is 1.75. The lowest BCUT2D eigenvalue weighted by atomic mass is 9.81. The molecule has 3 aromatic rings. The number of methoxy groups -OCH3 is 1. The van der Waals surface area contributed by atoms with Gasteiger partial charge in [0.05, 0.1) is 38.0 Å². The molecule has 0 N–H and O–H groups in total. The van der Waals surface area contributed by atoms with Crippen LogP contribution in [0.4, 0.5) is 5.69 Å². The fraction of sp³-hybridized carbons (Fsp3) is 0.318. The van der Waals surface area contributed by atoms with Crippen LogP contribution in [0.3, 0.4) is 0 Å². The van der Waals surface area contributed by atoms with Crippen LogP contribution in [0.5, 0.6) is 5.75 Å². The Morgan fingerprint density at radius 3 is 2.54 bits per heavy atom. The second-order valence-corrected chi connectivity index (χ2v) is 7.62. The van der Waals surface area contributed by atoms with Gasteiger partial charge in [-0.05, 0) is 47.5 Å². The van der Waals surface area contributed by atoms with E-state index in [-0.39, 0.29) is 5.41 Å². The van der Waals surface area contributed by atoms with Crippen LogP contribution in [0.1, 0.15) is 37.5 Å². The number of aliphatic imine (C=N–C) groups is 1. The van der Waals surface area contributed by atoms with Crippen LogP contribution in [0.25, 0.3) is 11.0 Å². The Labute approximate surface area is 153 Å². The number of hydrogen-bond donors (Lipinski definition) is 0. The van der Waals surface area contributed by atoms with Crippen LogP contribution in [0.2, 0.25) is 0 Å². The number of nitrogens with zero attached hydrogens (tertiary/aromatic N) is 1. The standard InChI is InChI=1S/C22H23NO3/c1-22(2,3)21(23-15-5-7-16(24-4)8-6-15)20-17-9-10-26-19(17)11-14-12-25-13-18(14)20/h5-11H,12-13H2,1-4H3. The summed E-state index contributed by atoms with van der Waals surface area (Å²) in [5.74, 6) is 0.826. The minimum Gasteiger partial charge on any atom is -0.497 e. The molecule has 0 aliphatic carbocycles. The van der Waals surface area contributed by atoms with E-state index in [1.807, 2.05) is 30.3 Å². The Morgan fingerprint density at radius 1 is 1.08 bits per heavy atom. The van der Waals surface area contributed by atoms with E-state index in [4.69, 9.17) is 18.9 Å². The van der Waals surface area contributed by atoms with Gasteiger partial charge >= 0.3 is 0 Å². The molecule has 0 bridgehead atoms. The predicted molar refractivity (Wildman–Crippen MR) is 103 cm³/mol. The monoisotopic (exact) mass is 349 g/mol. The Balaban J connectivity index is 1.95. The van der Waals surface area contributed by atoms with E-state index in [1.54, 1.807) is 13.4 Å². The molecule has 4 nitrogen and oxygen atoms in total. The van der Waals surface area contributed by atoms with Gasteiger partial charge < -0.3 is 13.9 Å². The molecule has 1 aliphatic rings. The second kappa shape index (κ2) is 6.29. The van der Waals surface area contributed by atoms with E-state index in [0.29, 0.717) is 13.2 Å². The smallest absolute Gasteiger partial charge is 0.134 e. The van der Waals surface area contributed by atoms with E-state index in [0.717, 1.165) is 33.7 Å². The van der Waals surface area contributed by atoms with Crippen molar-refractivity contribution in [3.8, 4) is 5.75 Å². The topological polar surface area (TPSA) is 44.0 Å². The highest BCUT2D eigenvalue weighted by atomic mass is 16.5. The number of ether oxygens (including phenoxy) is 2. The maximum Gasteiger partial charge on any atom is 0.134 e. The average Bonchev–Trinajstić information content (AvgIpc) is 3.26. The first-order valence-corrected chi connectivity index (χ1v) is 8.80. The average molecular weight is 349 g/mol. The van der Waals surface area contributed by atoms with Crippen LogP contribution in [-0.4, -0.2) is 12.8 Å². The molecule has 0 atom stereocenters. The first kappa shape index (κ1) is 16.9. The van der Waals surface area contributed by atoms with Gasteiger partial charge in [-0.25, -0.2) is 0 Å². The van der Waals surface area contributed by atoms with Gasteiger partial charge in [0.15, 0.2) is 0 Å². The van der Waals surface area contributed by atoms with Gasteiger partial charge in [0.1, 0.15) is 11.3 Å². The first-order chi connectivity index (χ1) is 12.5. The number of furan rings is 1. The number of hydrogen-bond acceptors (Lipinski definition) is 4. The fourth-order valence-corrected chi connectivity index (χ4v) is 3.42. The van der Waals surface area contributed by atoms with E-state index >= 15 is 0 Å². The van der Waals surface area contributed by atoms with Gasteiger partial charge in [0.2, 0.25) is 0 Å². The van der Waals surface area contributed by atoms with E-state index < -0.39 is 0 Å². The third-order valence-corrected chi connectivity index (χ3v) is 4.72. The lowest BCUT2D eigenvalue weighted by Crippen LogP contribution is -2.23. The molecule has 26 heavy (non-hydrogen) atoms. The minimum atomic E-state index is -0.137. The third-order valence-electron chi connectivity index (χ3n) is 4.72. The number of benzene rings is 2. The van der Waals surface area contributed by atoms with Gasteiger partial charge in [-0.1, -0.05) is 20.8 Å². The molecule has 1 aliphatic heterocycles. The zero-order valence-corrected chi connectivity index (χ0v) is 15.6. The Kier molecular flexibility index (Phi) is 4.08. The number of fused-ring (bicyclic) bond motifs is 2. The van der Waals surface area contributed by atoms with Crippen LogP contribution in [0.15, 0.2) is 52.1 Å². The molecule has 0 spiro atoms. The van der Waals surface area contributed by atoms with Crippen molar-refractivity contribution in [3.05, 3.63) is 59.4 Å². The largest absolute Gasteiger partial charge is 0.497 e. The van der Waals surface area contributed by atoms with Crippen molar-refractivity contribution in [2.45, 2.75) is 34.0 Å². The van der Waals surface area contributed by atoms with Crippen LogP contribution in [-0.2, 0) is 18.0 Å². The van der Waals surface area contributed by atoms with Crippen molar-refractivity contribution < 1.29 is 13.9 Å². The zero-order valence-electron chi connectivity index (χ0n) is 15.6. The molecule has 134 valence electrons. The molecule has 0 saturated heterocycles. The van der Waals surface area contributed by atoms with Gasteiger partial charge in [-0.15, -0.1) is 0 Å². The summed E-state index contributed by atoms with van der Waals surface area (Å²) in [6.45, 7) is 7.81. The van der Waals surface area contributed by atoms with Crippen molar-refractivity contribution in [2.75, 3.05) is 7.11 Å². The maximum absolute atomic E-state index is 5.73. The Morgan fingerprint density at radius 2 is 1.85 bits per heavy atom. The molecule has 2 heterocycles. The van der Waals surface area contributed by atoms with Crippen molar-refractivity contribution in [3.63, 3.8) is 0 Å². The molecule has 0 amide bonds. The zero-order chi connectivity index (χ0) is 18.3. The lowest BCUT2D eigenvalue weighted by Gasteiger charge is -2.24. The first-order valence-electron chi connectivity index (χ1n) is 8.80. The fourth-order valence-electron chi connectivity index (χ4n) is 3.42. The molecule has 4 heteroatoms. The van der Waals surface area contributed by atoms with Crippen molar-refractivity contribution in [1.82, 2.24) is 0 Å². The summed E-state index contributed by atoms with van der Waals surface area (Å²) in [6, 6.07) is 12.0. The van der Waals surface area contributed by atoms with Crippen LogP contribution in [0, 0.1) is 5.41 Å². The second-order valence-electron chi connectivity index (χ2n) is 7.62. The molecule has 2 aromatic carbocycles. The van der Waals surface area contributed by atoms with Gasteiger partial charge in [-0.2, -0.15) is 0 Å². The van der Waals surface area contributed by atoms with E-state index in [9.17, 15) is 0 Å². The summed E-state index contributed by atoms with van der Waals surface area (Å²) < 4.78 is 16.7. The maximum atomic E-state index is 5.73. The molecule has 0 fully saturated rings. The van der Waals surface area contributed by atoms with Crippen molar-refractivity contribution >= 4 is 22.4 Å². The summed E-state index contributed by atoms with van der Waals surface area (Å²) in [5.41, 5.74) is 6.25. The molecule has 0 radical (unpaired) electrons. The third kappa shape index (κ3) is 2.90. The van der Waals surface area contributed by atoms with Crippen molar-refractivity contribution in [2.24, 2.45) is 10.4 Å². The molecule has 0 unspecified atom stereocenters. The SMILES string of the molecule is COc1ccc(N=C(c2c3c(cc4occc24)COC3)C(C)(C)C)cc1. The molecule has 0 saturated carbocycles. The number of rotatable bonds is 3. The Hall–Kier alpha value is -2.59. The minimum absolute atomic E-state index is 0.137. The normalized spacial score (nSPS) is 14.7. The molecule has 4 rings (SSSR count). The summed E-state index contributed by atoms with van der Waals surface area (Å²) in [5, 5.41) is 1.09. The van der Waals surface area contributed by atoms with Crippen LogP contribution < -0.4 is 4.74 Å². The van der Waals surface area contributed by atoms with E-state index in [2.05, 4.69) is 26.8 Å². The predicted octanol–water partition coefficient (Wildman–Crippen LogP) is 5.64. The van der Waals surface area contributed by atoms with E-state index in [1.165, 1.54) is 11.1 Å².